The van der Waals surface area contributed by atoms with Gasteiger partial charge in [0.1, 0.15) is 17.7 Å². The third-order valence-electron chi connectivity index (χ3n) is 4.68. The highest BCUT2D eigenvalue weighted by Gasteiger charge is 2.34. The molecule has 8 nitrogen and oxygen atoms in total. The van der Waals surface area contributed by atoms with Gasteiger partial charge in [0.15, 0.2) is 0 Å². The molecule has 9 heteroatoms. The SMILES string of the molecule is CC(c1nc2c(C#N)cc(F)cc2c(=O)n1-c1cccnc1)N(C(=O)O)C(C)(C)C. The number of carbonyl (C=O) groups is 1. The Labute approximate surface area is 171 Å². The summed E-state index contributed by atoms with van der Waals surface area (Å²) in [7, 11) is 0. The molecule has 1 N–H and O–H groups in total. The molecule has 0 aliphatic heterocycles. The molecule has 3 aromatic rings. The highest BCUT2D eigenvalue weighted by Crippen LogP contribution is 2.29. The monoisotopic (exact) mass is 409 g/mol. The van der Waals surface area contributed by atoms with Crippen LogP contribution >= 0.6 is 0 Å². The lowest BCUT2D eigenvalue weighted by Gasteiger charge is -2.38. The first kappa shape index (κ1) is 20.9. The predicted octanol–water partition coefficient (Wildman–Crippen LogP) is 3.63. The van der Waals surface area contributed by atoms with Gasteiger partial charge in [-0.2, -0.15) is 5.26 Å². The second-order valence-corrected chi connectivity index (χ2v) is 7.78. The summed E-state index contributed by atoms with van der Waals surface area (Å²) in [4.78, 5) is 35.1. The summed E-state index contributed by atoms with van der Waals surface area (Å²) in [6, 6.07) is 6.24. The maximum Gasteiger partial charge on any atom is 0.408 e. The van der Waals surface area contributed by atoms with Crippen LogP contribution in [-0.2, 0) is 0 Å². The van der Waals surface area contributed by atoms with Crippen LogP contribution in [0.25, 0.3) is 16.6 Å². The number of halogens is 1. The Bertz CT molecular complexity index is 1230. The fourth-order valence-corrected chi connectivity index (χ4v) is 3.52. The van der Waals surface area contributed by atoms with Crippen LogP contribution in [0.5, 0.6) is 0 Å². The highest BCUT2D eigenvalue weighted by atomic mass is 19.1. The molecule has 1 atom stereocenters. The lowest BCUT2D eigenvalue weighted by Crippen LogP contribution is -2.47. The predicted molar refractivity (Wildman–Crippen MR) is 108 cm³/mol. The van der Waals surface area contributed by atoms with E-state index in [2.05, 4.69) is 9.97 Å². The second kappa shape index (κ2) is 7.55. The van der Waals surface area contributed by atoms with E-state index < -0.39 is 29.1 Å². The van der Waals surface area contributed by atoms with E-state index in [0.29, 0.717) is 5.69 Å². The summed E-state index contributed by atoms with van der Waals surface area (Å²) in [5, 5.41) is 19.2. The molecule has 0 saturated heterocycles. The number of aromatic nitrogens is 3. The molecule has 154 valence electrons. The van der Waals surface area contributed by atoms with Crippen molar-refractivity contribution in [3.05, 3.63) is 64.2 Å². The highest BCUT2D eigenvalue weighted by molar-refractivity contribution is 5.84. The van der Waals surface area contributed by atoms with Crippen molar-refractivity contribution in [1.29, 1.82) is 5.26 Å². The van der Waals surface area contributed by atoms with E-state index in [1.807, 2.05) is 6.07 Å². The molecule has 0 fully saturated rings. The third kappa shape index (κ3) is 3.59. The number of hydrogen-bond acceptors (Lipinski definition) is 5. The molecule has 0 radical (unpaired) electrons. The molecular weight excluding hydrogens is 389 g/mol. The average Bonchev–Trinajstić information content (AvgIpc) is 2.66. The summed E-state index contributed by atoms with van der Waals surface area (Å²) in [5.41, 5.74) is -1.17. The maximum absolute atomic E-state index is 14.0. The zero-order valence-electron chi connectivity index (χ0n) is 16.9. The van der Waals surface area contributed by atoms with Crippen molar-refractivity contribution < 1.29 is 14.3 Å². The van der Waals surface area contributed by atoms with Gasteiger partial charge in [-0.05, 0) is 52.0 Å². The number of fused-ring (bicyclic) bond motifs is 1. The molecule has 0 aliphatic carbocycles. The Morgan fingerprint density at radius 3 is 2.60 bits per heavy atom. The van der Waals surface area contributed by atoms with Crippen LogP contribution in [0.15, 0.2) is 41.5 Å². The quantitative estimate of drug-likeness (QED) is 0.707. The van der Waals surface area contributed by atoms with Crippen molar-refractivity contribution in [2.24, 2.45) is 0 Å². The Morgan fingerprint density at radius 1 is 1.37 bits per heavy atom. The average molecular weight is 409 g/mol. The standard InChI is InChI=1S/C21H20FN5O3/c1-12(27(20(29)30)21(2,3)4)18-25-17-13(10-23)8-14(22)9-16(17)19(28)26(18)15-6-5-7-24-11-15/h5-9,11-12H,1-4H3,(H,29,30). The number of nitrogens with zero attached hydrogens (tertiary/aromatic N) is 5. The molecule has 2 aromatic heterocycles. The summed E-state index contributed by atoms with van der Waals surface area (Å²) in [5.74, 6) is -0.640. The Kier molecular flexibility index (Phi) is 5.27. The van der Waals surface area contributed by atoms with Gasteiger partial charge in [0.25, 0.3) is 5.56 Å². The largest absolute Gasteiger partial charge is 0.465 e. The van der Waals surface area contributed by atoms with Crippen molar-refractivity contribution in [3.63, 3.8) is 0 Å². The molecule has 0 spiro atoms. The maximum atomic E-state index is 14.0. The molecule has 1 aromatic carbocycles. The van der Waals surface area contributed by atoms with E-state index in [-0.39, 0.29) is 22.3 Å². The first-order valence-corrected chi connectivity index (χ1v) is 9.15. The van der Waals surface area contributed by atoms with E-state index in [1.54, 1.807) is 39.8 Å². The summed E-state index contributed by atoms with van der Waals surface area (Å²) < 4.78 is 15.2. The fraction of sp³-hybridized carbons (Fsp3) is 0.286. The Morgan fingerprint density at radius 2 is 2.07 bits per heavy atom. The molecule has 0 aliphatic rings. The molecule has 0 bridgehead atoms. The van der Waals surface area contributed by atoms with Crippen LogP contribution in [-0.4, -0.2) is 36.2 Å². The lowest BCUT2D eigenvalue weighted by atomic mass is 10.0. The van der Waals surface area contributed by atoms with Crippen LogP contribution in [0.2, 0.25) is 0 Å². The van der Waals surface area contributed by atoms with Crippen LogP contribution in [0.4, 0.5) is 9.18 Å². The summed E-state index contributed by atoms with van der Waals surface area (Å²) in [6.45, 7) is 6.78. The minimum absolute atomic E-state index is 0.0186. The van der Waals surface area contributed by atoms with Crippen molar-refractivity contribution in [2.45, 2.75) is 39.3 Å². The molecule has 1 amide bonds. The van der Waals surface area contributed by atoms with Gasteiger partial charge >= 0.3 is 6.09 Å². The van der Waals surface area contributed by atoms with Crippen molar-refractivity contribution in [3.8, 4) is 11.8 Å². The minimum Gasteiger partial charge on any atom is -0.465 e. The van der Waals surface area contributed by atoms with Gasteiger partial charge in [0.05, 0.1) is 34.4 Å². The number of rotatable bonds is 3. The smallest absolute Gasteiger partial charge is 0.408 e. The van der Waals surface area contributed by atoms with E-state index >= 15 is 0 Å². The van der Waals surface area contributed by atoms with Gasteiger partial charge < -0.3 is 5.11 Å². The zero-order chi connectivity index (χ0) is 22.2. The number of amides is 1. The van der Waals surface area contributed by atoms with Crippen molar-refractivity contribution >= 4 is 17.0 Å². The zero-order valence-corrected chi connectivity index (χ0v) is 16.9. The van der Waals surface area contributed by atoms with E-state index in [9.17, 15) is 24.3 Å². The summed E-state index contributed by atoms with van der Waals surface area (Å²) >= 11 is 0. The van der Waals surface area contributed by atoms with Gasteiger partial charge in [0.2, 0.25) is 0 Å². The van der Waals surface area contributed by atoms with Crippen LogP contribution in [0, 0.1) is 17.1 Å². The van der Waals surface area contributed by atoms with E-state index in [1.165, 1.54) is 21.9 Å². The fourth-order valence-electron chi connectivity index (χ4n) is 3.52. The number of nitriles is 1. The normalized spacial score (nSPS) is 12.4. The third-order valence-corrected chi connectivity index (χ3v) is 4.68. The second-order valence-electron chi connectivity index (χ2n) is 7.78. The molecule has 1 unspecified atom stereocenters. The van der Waals surface area contributed by atoms with Gasteiger partial charge in [-0.15, -0.1) is 0 Å². The van der Waals surface area contributed by atoms with Gasteiger partial charge in [-0.3, -0.25) is 19.2 Å². The first-order chi connectivity index (χ1) is 14.1. The van der Waals surface area contributed by atoms with Gasteiger partial charge in [-0.1, -0.05) is 0 Å². The van der Waals surface area contributed by atoms with Gasteiger partial charge in [-0.25, -0.2) is 14.2 Å². The van der Waals surface area contributed by atoms with Crippen LogP contribution in [0.1, 0.15) is 45.1 Å². The van der Waals surface area contributed by atoms with Crippen LogP contribution < -0.4 is 5.56 Å². The van der Waals surface area contributed by atoms with E-state index in [4.69, 9.17) is 0 Å². The number of benzene rings is 1. The molecule has 0 saturated carbocycles. The summed E-state index contributed by atoms with van der Waals surface area (Å²) in [6.07, 6.45) is 1.76. The lowest BCUT2D eigenvalue weighted by molar-refractivity contribution is 0.0719. The Hall–Kier alpha value is -3.80. The van der Waals surface area contributed by atoms with Crippen molar-refractivity contribution in [2.75, 3.05) is 0 Å². The molecule has 30 heavy (non-hydrogen) atoms. The van der Waals surface area contributed by atoms with Crippen molar-refractivity contribution in [1.82, 2.24) is 19.4 Å². The van der Waals surface area contributed by atoms with Crippen LogP contribution in [0.3, 0.4) is 0 Å². The molecule has 3 rings (SSSR count). The number of hydrogen-bond donors (Lipinski definition) is 1. The number of pyridine rings is 1. The minimum atomic E-state index is -1.19. The van der Waals surface area contributed by atoms with E-state index in [0.717, 1.165) is 12.1 Å². The van der Waals surface area contributed by atoms with Gasteiger partial charge in [0, 0.05) is 11.7 Å². The number of carboxylic acid groups (broad SMARTS) is 1. The first-order valence-electron chi connectivity index (χ1n) is 9.15. The topological polar surface area (TPSA) is 112 Å². The molecular formula is C21H20FN5O3. The molecule has 2 heterocycles. The Balaban J connectivity index is 2.45.